The minimum absolute atomic E-state index is 0.0554. The molecule has 2 N–H and O–H groups in total. The van der Waals surface area contributed by atoms with Crippen LogP contribution in [0.15, 0.2) is 53.5 Å². The molecule has 0 aliphatic rings. The molecule has 0 atom stereocenters. The van der Waals surface area contributed by atoms with E-state index in [4.69, 9.17) is 23.7 Å². The maximum Gasteiger partial charge on any atom is 0.407 e. The highest BCUT2D eigenvalue weighted by Crippen LogP contribution is 2.21. The van der Waals surface area contributed by atoms with Crippen molar-refractivity contribution in [1.82, 2.24) is 10.6 Å². The Hall–Kier alpha value is -4.40. The van der Waals surface area contributed by atoms with Crippen LogP contribution in [0.1, 0.15) is 26.3 Å². The minimum atomic E-state index is -3.77. The highest BCUT2D eigenvalue weighted by Gasteiger charge is 2.39. The van der Waals surface area contributed by atoms with Gasteiger partial charge in [-0.05, 0) is 39.8 Å². The van der Waals surface area contributed by atoms with Gasteiger partial charge in [-0.2, -0.15) is 0 Å². The number of hydrogen-bond donors (Lipinski definition) is 2. The van der Waals surface area contributed by atoms with Crippen molar-refractivity contribution in [2.24, 2.45) is 5.41 Å². The van der Waals surface area contributed by atoms with E-state index in [1.807, 2.05) is 0 Å². The number of nitrogens with one attached hydrogen (secondary N) is 2. The minimum Gasteiger partial charge on any atom is -0.464 e. The van der Waals surface area contributed by atoms with E-state index in [1.54, 1.807) is 19.1 Å². The molecule has 0 aromatic heterocycles. The fraction of sp³-hybridized carbons (Fsp3) is 0.464. The van der Waals surface area contributed by atoms with E-state index in [1.165, 1.54) is 32.9 Å². The number of sulfone groups is 1. The largest absolute Gasteiger partial charge is 0.464 e. The summed E-state index contributed by atoms with van der Waals surface area (Å²) >= 11 is 0. The van der Waals surface area contributed by atoms with Gasteiger partial charge in [-0.1, -0.05) is 30.9 Å². The van der Waals surface area contributed by atoms with Gasteiger partial charge in [0, 0.05) is 11.1 Å². The maximum atomic E-state index is 13.0. The summed E-state index contributed by atoms with van der Waals surface area (Å²) in [6.45, 7) is 10.6. The van der Waals surface area contributed by atoms with Crippen molar-refractivity contribution < 1.29 is 56.1 Å². The van der Waals surface area contributed by atoms with E-state index in [-0.39, 0.29) is 42.3 Å². The van der Waals surface area contributed by atoms with Gasteiger partial charge in [-0.3, -0.25) is 4.79 Å². The molecule has 0 saturated heterocycles. The van der Waals surface area contributed by atoms with Gasteiger partial charge in [0.15, 0.2) is 9.84 Å². The zero-order valence-corrected chi connectivity index (χ0v) is 25.5. The first-order valence-corrected chi connectivity index (χ1v) is 14.7. The third-order valence-corrected chi connectivity index (χ3v) is 7.10. The van der Waals surface area contributed by atoms with Crippen LogP contribution in [0.2, 0.25) is 0 Å². The molecular formula is C28H38N2O12S. The number of esters is 3. The number of hydrogen-bond acceptors (Lipinski definition) is 12. The van der Waals surface area contributed by atoms with Gasteiger partial charge in [0.2, 0.25) is 0 Å². The van der Waals surface area contributed by atoms with Crippen molar-refractivity contribution >= 4 is 39.9 Å². The molecule has 15 heteroatoms. The van der Waals surface area contributed by atoms with Crippen LogP contribution in [0.25, 0.3) is 0 Å². The summed E-state index contributed by atoms with van der Waals surface area (Å²) in [5.41, 5.74) is -0.517. The van der Waals surface area contributed by atoms with Crippen LogP contribution >= 0.6 is 0 Å². The molecule has 0 spiro atoms. The van der Waals surface area contributed by atoms with Gasteiger partial charge in [0.05, 0.1) is 23.7 Å². The summed E-state index contributed by atoms with van der Waals surface area (Å²) in [5, 5.41) is 4.65. The molecule has 0 bridgehead atoms. The first-order chi connectivity index (χ1) is 20.1. The van der Waals surface area contributed by atoms with Crippen molar-refractivity contribution in [3.8, 4) is 0 Å². The molecule has 238 valence electrons. The Morgan fingerprint density at radius 3 is 1.60 bits per heavy atom. The Morgan fingerprint density at radius 2 is 1.19 bits per heavy atom. The lowest BCUT2D eigenvalue weighted by Gasteiger charge is -2.26. The van der Waals surface area contributed by atoms with Crippen molar-refractivity contribution in [2.75, 3.05) is 51.9 Å². The number of benzene rings is 1. The first-order valence-electron chi connectivity index (χ1n) is 13.0. The van der Waals surface area contributed by atoms with Gasteiger partial charge >= 0.3 is 30.1 Å². The highest BCUT2D eigenvalue weighted by atomic mass is 32.2. The molecule has 14 nitrogen and oxygen atoms in total. The lowest BCUT2D eigenvalue weighted by Crippen LogP contribution is -2.43. The van der Waals surface area contributed by atoms with Gasteiger partial charge in [-0.25, -0.2) is 27.6 Å². The Kier molecular flexibility index (Phi) is 14.9. The third kappa shape index (κ3) is 13.9. The van der Waals surface area contributed by atoms with Gasteiger partial charge < -0.3 is 34.3 Å². The van der Waals surface area contributed by atoms with E-state index in [2.05, 4.69) is 23.8 Å². The normalized spacial score (nSPS) is 11.0. The second kappa shape index (κ2) is 17.5. The van der Waals surface area contributed by atoms with E-state index >= 15 is 0 Å². The fourth-order valence-corrected chi connectivity index (χ4v) is 3.92. The van der Waals surface area contributed by atoms with Crippen LogP contribution in [0.5, 0.6) is 0 Å². The van der Waals surface area contributed by atoms with Crippen LogP contribution in [-0.4, -0.2) is 90.4 Å². The molecule has 43 heavy (non-hydrogen) atoms. The van der Waals surface area contributed by atoms with E-state index in [0.29, 0.717) is 0 Å². The number of rotatable bonds is 17. The Bertz CT molecular complexity index is 1240. The molecule has 0 aliphatic carbocycles. The van der Waals surface area contributed by atoms with Crippen LogP contribution in [0.3, 0.4) is 0 Å². The Balaban J connectivity index is 2.76. The molecule has 1 aromatic carbocycles. The third-order valence-electron chi connectivity index (χ3n) is 5.41. The molecule has 1 rings (SSSR count). The highest BCUT2D eigenvalue weighted by molar-refractivity contribution is 7.91. The zero-order valence-electron chi connectivity index (χ0n) is 24.7. The van der Waals surface area contributed by atoms with Crippen molar-refractivity contribution in [1.29, 1.82) is 0 Å². The van der Waals surface area contributed by atoms with Crippen LogP contribution < -0.4 is 10.6 Å². The topological polar surface area (TPSA) is 190 Å². The van der Waals surface area contributed by atoms with Crippen LogP contribution in [0.4, 0.5) is 9.59 Å². The van der Waals surface area contributed by atoms with Crippen LogP contribution in [-0.2, 0) is 47.9 Å². The predicted octanol–water partition coefficient (Wildman–Crippen LogP) is 2.01. The molecule has 0 heterocycles. The second-order valence-corrected chi connectivity index (χ2v) is 11.8. The lowest BCUT2D eigenvalue weighted by molar-refractivity contribution is -0.159. The summed E-state index contributed by atoms with van der Waals surface area (Å²) < 4.78 is 50.2. The maximum absolute atomic E-state index is 13.0. The average molecular weight is 627 g/mol. The quantitative estimate of drug-likeness (QED) is 0.111. The summed E-state index contributed by atoms with van der Waals surface area (Å²) in [5.74, 6) is -2.80. The summed E-state index contributed by atoms with van der Waals surface area (Å²) in [6.07, 6.45) is -1.95. The summed E-state index contributed by atoms with van der Waals surface area (Å²) in [7, 11) is -3.77. The molecule has 0 aliphatic heterocycles. The van der Waals surface area contributed by atoms with Crippen molar-refractivity contribution in [3.05, 3.63) is 54.1 Å². The zero-order chi connectivity index (χ0) is 32.6. The second-order valence-electron chi connectivity index (χ2n) is 9.67. The van der Waals surface area contributed by atoms with Gasteiger partial charge in [-0.15, -0.1) is 0 Å². The average Bonchev–Trinajstić information content (AvgIpc) is 2.95. The molecule has 0 fully saturated rings. The summed E-state index contributed by atoms with van der Waals surface area (Å²) in [6, 6.07) is 6.15. The predicted molar refractivity (Wildman–Crippen MR) is 153 cm³/mol. The number of carbonyl (C=O) groups is 5. The van der Waals surface area contributed by atoms with E-state index in [0.717, 1.165) is 5.56 Å². The summed E-state index contributed by atoms with van der Waals surface area (Å²) in [4.78, 5) is 60.1. The molecule has 0 radical (unpaired) electrons. The SMILES string of the molecule is C=C(C)C(=O)OCCNC(=O)OCC(C)(COC(=O)NCCOC(=O)C(=C)C)C(=O)OCCS(=O)(=O)c1ccc(C)cc1. The van der Waals surface area contributed by atoms with Crippen LogP contribution in [0, 0.1) is 12.3 Å². The smallest absolute Gasteiger partial charge is 0.407 e. The number of amides is 2. The molecule has 0 saturated carbocycles. The van der Waals surface area contributed by atoms with Crippen molar-refractivity contribution in [3.63, 3.8) is 0 Å². The number of ether oxygens (including phenoxy) is 5. The molecular weight excluding hydrogens is 588 g/mol. The Labute approximate surface area is 250 Å². The Morgan fingerprint density at radius 1 is 0.744 bits per heavy atom. The number of aryl methyl sites for hydroxylation is 1. The van der Waals surface area contributed by atoms with E-state index < -0.39 is 70.9 Å². The molecule has 0 unspecified atom stereocenters. The fourth-order valence-electron chi connectivity index (χ4n) is 2.83. The first kappa shape index (κ1) is 36.6. The standard InChI is InChI=1S/C28H38N2O12S/c1-19(2)23(31)38-13-11-29-26(34)41-17-28(6,18-42-27(35)30-12-14-39-24(32)20(3)4)25(33)40-15-16-43(36,37)22-9-7-21(5)8-10-22/h7-10H,1,3,11-18H2,2,4-6H3,(H,29,34)(H,30,35). The van der Waals surface area contributed by atoms with Gasteiger partial charge in [0.25, 0.3) is 0 Å². The van der Waals surface area contributed by atoms with Gasteiger partial charge in [0.1, 0.15) is 38.4 Å². The molecule has 2 amide bonds. The van der Waals surface area contributed by atoms with Crippen molar-refractivity contribution in [2.45, 2.75) is 32.6 Å². The van der Waals surface area contributed by atoms with E-state index in [9.17, 15) is 32.4 Å². The molecule has 1 aromatic rings. The lowest BCUT2D eigenvalue weighted by atomic mass is 9.93. The number of alkyl carbamates (subject to hydrolysis) is 2. The number of carbonyl (C=O) groups excluding carboxylic acids is 5. The monoisotopic (exact) mass is 626 g/mol.